The molecule has 0 aromatic heterocycles. The third kappa shape index (κ3) is 1.81. The fourth-order valence-electron chi connectivity index (χ4n) is 0.155. The minimum Gasteiger partial charge on any atom is -0.492 e. The molecule has 0 heterocycles. The van der Waals surface area contributed by atoms with Gasteiger partial charge in [-0.1, -0.05) is 0 Å². The highest BCUT2D eigenvalue weighted by atomic mass is 16.5. The maximum Gasteiger partial charge on any atom is 0.186 e. The van der Waals surface area contributed by atoms with E-state index in [4.69, 9.17) is 5.73 Å². The summed E-state index contributed by atoms with van der Waals surface area (Å²) in [6.07, 6.45) is 1.65. The van der Waals surface area contributed by atoms with Gasteiger partial charge in [-0.2, -0.15) is 0 Å². The van der Waals surface area contributed by atoms with E-state index in [-0.39, 0.29) is 5.76 Å². The molecule has 0 spiro atoms. The van der Waals surface area contributed by atoms with Gasteiger partial charge in [0.05, 0.1) is 7.11 Å². The Morgan fingerprint density at radius 3 is 2.43 bits per heavy atom. The van der Waals surface area contributed by atoms with E-state index in [1.807, 2.05) is 0 Å². The topological polar surface area (TPSA) is 52.3 Å². The van der Waals surface area contributed by atoms with Gasteiger partial charge in [0.25, 0.3) is 0 Å². The van der Waals surface area contributed by atoms with Crippen LogP contribution in [0.15, 0.2) is 12.0 Å². The number of hydrogen-bond donors (Lipinski definition) is 1. The fourth-order valence-corrected chi connectivity index (χ4v) is 0.155. The van der Waals surface area contributed by atoms with Crippen molar-refractivity contribution in [3.8, 4) is 0 Å². The molecule has 0 atom stereocenters. The Morgan fingerprint density at radius 2 is 2.43 bits per heavy atom. The van der Waals surface area contributed by atoms with Crippen LogP contribution in [0.4, 0.5) is 0 Å². The average molecular weight is 101 g/mol. The minimum absolute atomic E-state index is 0.153. The molecule has 3 nitrogen and oxygen atoms in total. The zero-order chi connectivity index (χ0) is 5.70. The second-order valence-electron chi connectivity index (χ2n) is 0.891. The van der Waals surface area contributed by atoms with E-state index in [0.29, 0.717) is 6.29 Å². The van der Waals surface area contributed by atoms with Crippen LogP contribution in [0, 0.1) is 0 Å². The number of methoxy groups -OCH3 is 1. The monoisotopic (exact) mass is 101 g/mol. The molecule has 0 unspecified atom stereocenters. The lowest BCUT2D eigenvalue weighted by Gasteiger charge is -1.90. The summed E-state index contributed by atoms with van der Waals surface area (Å²) in [5.74, 6) is 0.153. The molecule has 0 bridgehead atoms. The van der Waals surface area contributed by atoms with E-state index in [9.17, 15) is 4.79 Å². The van der Waals surface area contributed by atoms with Crippen molar-refractivity contribution in [1.29, 1.82) is 0 Å². The minimum atomic E-state index is 0.153. The summed E-state index contributed by atoms with van der Waals surface area (Å²) in [6.45, 7) is 0. The highest BCUT2D eigenvalue weighted by molar-refractivity contribution is 5.69. The first-order valence-electron chi connectivity index (χ1n) is 1.76. The number of rotatable bonds is 2. The smallest absolute Gasteiger partial charge is 0.186 e. The van der Waals surface area contributed by atoms with Crippen LogP contribution in [0.3, 0.4) is 0 Å². The molecule has 0 fully saturated rings. The quantitative estimate of drug-likeness (QED) is 0.293. The Balaban J connectivity index is 3.60. The van der Waals surface area contributed by atoms with Gasteiger partial charge < -0.3 is 10.5 Å². The summed E-state index contributed by atoms with van der Waals surface area (Å²) in [5, 5.41) is 0. The molecule has 0 amide bonds. The van der Waals surface area contributed by atoms with Gasteiger partial charge in [0, 0.05) is 6.20 Å². The largest absolute Gasteiger partial charge is 0.492 e. The molecule has 0 aromatic rings. The number of aldehydes is 1. The molecule has 0 aromatic carbocycles. The van der Waals surface area contributed by atoms with Crippen LogP contribution in [0.1, 0.15) is 0 Å². The number of carbonyl (C=O) groups is 1. The fraction of sp³-hybridized carbons (Fsp3) is 0.250. The molecule has 0 rings (SSSR count). The zero-order valence-corrected chi connectivity index (χ0v) is 4.05. The number of ether oxygens (including phenoxy) is 1. The number of hydrogen-bond acceptors (Lipinski definition) is 3. The molecule has 2 N–H and O–H groups in total. The molecule has 40 valence electrons. The van der Waals surface area contributed by atoms with Crippen LogP contribution in [-0.2, 0) is 9.53 Å². The maximum atomic E-state index is 9.69. The third-order valence-electron chi connectivity index (χ3n) is 0.516. The van der Waals surface area contributed by atoms with Gasteiger partial charge in [-0.25, -0.2) is 0 Å². The summed E-state index contributed by atoms with van der Waals surface area (Å²) >= 11 is 0. The van der Waals surface area contributed by atoms with E-state index in [0.717, 1.165) is 6.20 Å². The van der Waals surface area contributed by atoms with Gasteiger partial charge in [0.2, 0.25) is 0 Å². The molecule has 0 aliphatic heterocycles. The number of carbonyl (C=O) groups excluding carboxylic acids is 1. The standard InChI is InChI=1S/C4H7NO2/c1-7-4(2-5)3-6/h2-3H,5H2,1H3/b4-2-. The third-order valence-corrected chi connectivity index (χ3v) is 0.516. The second-order valence-corrected chi connectivity index (χ2v) is 0.891. The molecule has 0 aliphatic rings. The highest BCUT2D eigenvalue weighted by Crippen LogP contribution is 1.81. The first-order valence-corrected chi connectivity index (χ1v) is 1.76. The molecule has 0 aliphatic carbocycles. The highest BCUT2D eigenvalue weighted by Gasteiger charge is 1.83. The van der Waals surface area contributed by atoms with Gasteiger partial charge >= 0.3 is 0 Å². The Kier molecular flexibility index (Phi) is 2.76. The van der Waals surface area contributed by atoms with Crippen molar-refractivity contribution in [3.05, 3.63) is 12.0 Å². The van der Waals surface area contributed by atoms with E-state index in [2.05, 4.69) is 4.74 Å². The van der Waals surface area contributed by atoms with Crippen molar-refractivity contribution in [2.24, 2.45) is 5.73 Å². The molecule has 0 saturated carbocycles. The Hall–Kier alpha value is -0.990. The lowest BCUT2D eigenvalue weighted by Crippen LogP contribution is -1.91. The Bertz CT molecular complexity index is 87.7. The predicted octanol–water partition coefficient (Wildman–Crippen LogP) is -0.368. The van der Waals surface area contributed by atoms with Crippen molar-refractivity contribution in [2.45, 2.75) is 0 Å². The first kappa shape index (κ1) is 6.01. The van der Waals surface area contributed by atoms with Crippen LogP contribution >= 0.6 is 0 Å². The van der Waals surface area contributed by atoms with Gasteiger partial charge in [-0.15, -0.1) is 0 Å². The second kappa shape index (κ2) is 3.21. The average Bonchev–Trinajstić information content (AvgIpc) is 1.72. The van der Waals surface area contributed by atoms with Crippen molar-refractivity contribution < 1.29 is 9.53 Å². The molecule has 3 heteroatoms. The summed E-state index contributed by atoms with van der Waals surface area (Å²) in [6, 6.07) is 0. The molecule has 0 radical (unpaired) electrons. The molecule has 7 heavy (non-hydrogen) atoms. The van der Waals surface area contributed by atoms with Crippen molar-refractivity contribution in [2.75, 3.05) is 7.11 Å². The zero-order valence-electron chi connectivity index (χ0n) is 4.05. The summed E-state index contributed by atoms with van der Waals surface area (Å²) < 4.78 is 4.42. The first-order chi connectivity index (χ1) is 3.35. The van der Waals surface area contributed by atoms with E-state index < -0.39 is 0 Å². The van der Waals surface area contributed by atoms with Crippen LogP contribution < -0.4 is 5.73 Å². The SMILES string of the molecule is CO/C(C=O)=C\N. The van der Waals surface area contributed by atoms with Gasteiger partial charge in [-0.3, -0.25) is 4.79 Å². The van der Waals surface area contributed by atoms with Crippen LogP contribution in [-0.4, -0.2) is 13.4 Å². The lowest BCUT2D eigenvalue weighted by molar-refractivity contribution is -0.107. The van der Waals surface area contributed by atoms with Gasteiger partial charge in [0.15, 0.2) is 12.0 Å². The van der Waals surface area contributed by atoms with E-state index in [1.54, 1.807) is 0 Å². The normalized spacial score (nSPS) is 10.7. The molecular formula is C4H7NO2. The van der Waals surface area contributed by atoms with Gasteiger partial charge in [-0.05, 0) is 0 Å². The van der Waals surface area contributed by atoms with Crippen LogP contribution in [0.2, 0.25) is 0 Å². The number of allylic oxidation sites excluding steroid dienone is 1. The van der Waals surface area contributed by atoms with Crippen molar-refractivity contribution in [1.82, 2.24) is 0 Å². The predicted molar refractivity (Wildman–Crippen MR) is 25.3 cm³/mol. The van der Waals surface area contributed by atoms with Gasteiger partial charge in [0.1, 0.15) is 0 Å². The molecular weight excluding hydrogens is 94.0 g/mol. The Labute approximate surface area is 41.8 Å². The van der Waals surface area contributed by atoms with E-state index in [1.165, 1.54) is 7.11 Å². The van der Waals surface area contributed by atoms with Crippen molar-refractivity contribution in [3.63, 3.8) is 0 Å². The summed E-state index contributed by atoms with van der Waals surface area (Å²) in [7, 11) is 1.38. The van der Waals surface area contributed by atoms with Crippen LogP contribution in [0.5, 0.6) is 0 Å². The van der Waals surface area contributed by atoms with E-state index >= 15 is 0 Å². The number of nitrogens with two attached hydrogens (primary N) is 1. The Morgan fingerprint density at radius 1 is 1.86 bits per heavy atom. The van der Waals surface area contributed by atoms with Crippen LogP contribution in [0.25, 0.3) is 0 Å². The maximum absolute atomic E-state index is 9.69. The summed E-state index contributed by atoms with van der Waals surface area (Å²) in [5.41, 5.74) is 4.88. The lowest BCUT2D eigenvalue weighted by atomic mass is 10.6. The van der Waals surface area contributed by atoms with Crippen molar-refractivity contribution >= 4 is 6.29 Å². The molecule has 0 saturated heterocycles. The summed E-state index contributed by atoms with van der Waals surface area (Å²) in [4.78, 5) is 9.69.